The molecule has 0 spiro atoms. The van der Waals surface area contributed by atoms with Gasteiger partial charge in [-0.2, -0.15) is 0 Å². The molecule has 0 N–H and O–H groups in total. The Hall–Kier alpha value is -0.0400. The summed E-state index contributed by atoms with van der Waals surface area (Å²) in [6.07, 6.45) is 5.68. The molecule has 0 bridgehead atoms. The molecule has 1 heteroatoms. The molecule has 78 valence electrons. The molecule has 0 aromatic rings. The van der Waals surface area contributed by atoms with Gasteiger partial charge in [0.1, 0.15) is 0 Å². The molecule has 0 aromatic carbocycles. The first-order chi connectivity index (χ1) is 5.88. The van der Waals surface area contributed by atoms with E-state index in [4.69, 9.17) is 0 Å². The number of hydrogen-bond donors (Lipinski definition) is 0. The molecule has 1 nitrogen and oxygen atoms in total. The van der Waals surface area contributed by atoms with Crippen LogP contribution in [-0.2, 0) is 0 Å². The van der Waals surface area contributed by atoms with E-state index in [1.807, 2.05) is 0 Å². The number of hydrogen-bond acceptors (Lipinski definition) is 1. The number of rotatable bonds is 2. The fraction of sp³-hybridized carbons (Fsp3) is 1.00. The summed E-state index contributed by atoms with van der Waals surface area (Å²) in [5, 5.41) is 0. The van der Waals surface area contributed by atoms with Gasteiger partial charge in [0.25, 0.3) is 0 Å². The van der Waals surface area contributed by atoms with E-state index in [1.54, 1.807) is 0 Å². The van der Waals surface area contributed by atoms with Crippen molar-refractivity contribution >= 4 is 0 Å². The SMILES string of the molecule is CN(C)[C@H]1CC[C@H](CC(C)(C)C)C1. The van der Waals surface area contributed by atoms with E-state index in [0.717, 1.165) is 12.0 Å². The van der Waals surface area contributed by atoms with Gasteiger partial charge in [0, 0.05) is 6.04 Å². The minimum atomic E-state index is 0.520. The molecule has 1 aliphatic carbocycles. The van der Waals surface area contributed by atoms with Crippen LogP contribution < -0.4 is 0 Å². The van der Waals surface area contributed by atoms with E-state index in [9.17, 15) is 0 Å². The highest BCUT2D eigenvalue weighted by atomic mass is 15.1. The van der Waals surface area contributed by atoms with Gasteiger partial charge < -0.3 is 4.90 Å². The molecule has 1 aliphatic rings. The van der Waals surface area contributed by atoms with Crippen molar-refractivity contribution < 1.29 is 0 Å². The Morgan fingerprint density at radius 1 is 1.15 bits per heavy atom. The third kappa shape index (κ3) is 3.68. The topological polar surface area (TPSA) is 3.24 Å². The van der Waals surface area contributed by atoms with Gasteiger partial charge in [-0.1, -0.05) is 20.8 Å². The van der Waals surface area contributed by atoms with Crippen molar-refractivity contribution in [3.63, 3.8) is 0 Å². The Morgan fingerprint density at radius 2 is 1.77 bits per heavy atom. The van der Waals surface area contributed by atoms with Crippen LogP contribution in [0.25, 0.3) is 0 Å². The first-order valence-electron chi connectivity index (χ1n) is 5.55. The molecular formula is C12H25N. The minimum Gasteiger partial charge on any atom is -0.306 e. The lowest BCUT2D eigenvalue weighted by Crippen LogP contribution is -2.25. The van der Waals surface area contributed by atoms with Crippen molar-refractivity contribution in [3.05, 3.63) is 0 Å². The highest BCUT2D eigenvalue weighted by molar-refractivity contribution is 4.82. The molecule has 0 saturated heterocycles. The van der Waals surface area contributed by atoms with Gasteiger partial charge in [-0.15, -0.1) is 0 Å². The number of nitrogens with zero attached hydrogens (tertiary/aromatic N) is 1. The standard InChI is InChI=1S/C12H25N/c1-12(2,3)9-10-6-7-11(8-10)13(4)5/h10-11H,6-9H2,1-5H3/t10-,11-/m0/s1. The third-order valence-corrected chi connectivity index (χ3v) is 3.14. The van der Waals surface area contributed by atoms with E-state index in [-0.39, 0.29) is 0 Å². The summed E-state index contributed by atoms with van der Waals surface area (Å²) >= 11 is 0. The summed E-state index contributed by atoms with van der Waals surface area (Å²) in [4.78, 5) is 2.39. The van der Waals surface area contributed by atoms with Gasteiger partial charge in [-0.25, -0.2) is 0 Å². The normalized spacial score (nSPS) is 30.0. The molecule has 0 amide bonds. The van der Waals surface area contributed by atoms with E-state index in [0.29, 0.717) is 5.41 Å². The van der Waals surface area contributed by atoms with E-state index in [2.05, 4.69) is 39.8 Å². The van der Waals surface area contributed by atoms with Crippen molar-refractivity contribution in [2.45, 2.75) is 52.5 Å². The largest absolute Gasteiger partial charge is 0.306 e. The highest BCUT2D eigenvalue weighted by Gasteiger charge is 2.28. The molecule has 1 rings (SSSR count). The van der Waals surface area contributed by atoms with Crippen LogP contribution in [0.4, 0.5) is 0 Å². The quantitative estimate of drug-likeness (QED) is 0.635. The summed E-state index contributed by atoms with van der Waals surface area (Å²) in [6.45, 7) is 7.07. The average Bonchev–Trinajstić information content (AvgIpc) is 2.31. The molecule has 0 heterocycles. The van der Waals surface area contributed by atoms with Crippen molar-refractivity contribution in [1.29, 1.82) is 0 Å². The summed E-state index contributed by atoms with van der Waals surface area (Å²) in [5.41, 5.74) is 0.520. The van der Waals surface area contributed by atoms with Crippen LogP contribution in [0.1, 0.15) is 46.5 Å². The van der Waals surface area contributed by atoms with Crippen molar-refractivity contribution in [3.8, 4) is 0 Å². The Balaban J connectivity index is 2.33. The Labute approximate surface area is 83.5 Å². The van der Waals surface area contributed by atoms with Crippen LogP contribution in [0.5, 0.6) is 0 Å². The van der Waals surface area contributed by atoms with E-state index < -0.39 is 0 Å². The maximum atomic E-state index is 2.39. The van der Waals surface area contributed by atoms with Crippen LogP contribution in [0.2, 0.25) is 0 Å². The lowest BCUT2D eigenvalue weighted by molar-refractivity contribution is 0.261. The van der Waals surface area contributed by atoms with Crippen LogP contribution >= 0.6 is 0 Å². The van der Waals surface area contributed by atoms with Crippen molar-refractivity contribution in [1.82, 2.24) is 4.90 Å². The third-order valence-electron chi connectivity index (χ3n) is 3.14. The Bertz CT molecular complexity index is 155. The second kappa shape index (κ2) is 4.00. The minimum absolute atomic E-state index is 0.520. The van der Waals surface area contributed by atoms with Crippen molar-refractivity contribution in [2.75, 3.05) is 14.1 Å². The van der Waals surface area contributed by atoms with Gasteiger partial charge >= 0.3 is 0 Å². The molecule has 0 aromatic heterocycles. The second-order valence-electron chi connectivity index (χ2n) is 6.06. The van der Waals surface area contributed by atoms with Gasteiger partial charge in [0.2, 0.25) is 0 Å². The van der Waals surface area contributed by atoms with Crippen LogP contribution in [0.15, 0.2) is 0 Å². The zero-order valence-electron chi connectivity index (χ0n) is 9.93. The first-order valence-corrected chi connectivity index (χ1v) is 5.55. The maximum absolute atomic E-state index is 2.39. The molecular weight excluding hydrogens is 158 g/mol. The molecule has 2 atom stereocenters. The predicted octanol–water partition coefficient (Wildman–Crippen LogP) is 3.15. The van der Waals surface area contributed by atoms with Gasteiger partial charge in [0.15, 0.2) is 0 Å². The smallest absolute Gasteiger partial charge is 0.00919 e. The summed E-state index contributed by atoms with van der Waals surface area (Å²) in [7, 11) is 4.42. The predicted molar refractivity (Wildman–Crippen MR) is 58.9 cm³/mol. The molecule has 0 aliphatic heterocycles. The molecule has 0 radical (unpaired) electrons. The summed E-state index contributed by atoms with van der Waals surface area (Å²) in [6, 6.07) is 0.854. The van der Waals surface area contributed by atoms with E-state index in [1.165, 1.54) is 25.7 Å². The lowest BCUT2D eigenvalue weighted by atomic mass is 9.84. The zero-order valence-corrected chi connectivity index (χ0v) is 9.93. The molecule has 13 heavy (non-hydrogen) atoms. The first kappa shape index (κ1) is 11.0. The summed E-state index contributed by atoms with van der Waals surface area (Å²) in [5.74, 6) is 0.979. The lowest BCUT2D eigenvalue weighted by Gasteiger charge is -2.24. The maximum Gasteiger partial charge on any atom is 0.00919 e. The van der Waals surface area contributed by atoms with Gasteiger partial charge in [-0.05, 0) is 51.1 Å². The van der Waals surface area contributed by atoms with Crippen molar-refractivity contribution in [2.24, 2.45) is 11.3 Å². The second-order valence-corrected chi connectivity index (χ2v) is 6.06. The van der Waals surface area contributed by atoms with E-state index >= 15 is 0 Å². The average molecular weight is 183 g/mol. The highest BCUT2D eigenvalue weighted by Crippen LogP contribution is 2.36. The Kier molecular flexibility index (Phi) is 3.39. The van der Waals surface area contributed by atoms with Crippen LogP contribution in [0, 0.1) is 11.3 Å². The van der Waals surface area contributed by atoms with Gasteiger partial charge in [0.05, 0.1) is 0 Å². The van der Waals surface area contributed by atoms with Crippen LogP contribution in [-0.4, -0.2) is 25.0 Å². The molecule has 1 saturated carbocycles. The monoisotopic (exact) mass is 183 g/mol. The molecule has 1 fully saturated rings. The Morgan fingerprint density at radius 3 is 2.15 bits per heavy atom. The fourth-order valence-electron chi connectivity index (χ4n) is 2.57. The van der Waals surface area contributed by atoms with Gasteiger partial charge in [-0.3, -0.25) is 0 Å². The molecule has 0 unspecified atom stereocenters. The zero-order chi connectivity index (χ0) is 10.1. The summed E-state index contributed by atoms with van der Waals surface area (Å²) < 4.78 is 0. The van der Waals surface area contributed by atoms with Crippen LogP contribution in [0.3, 0.4) is 0 Å². The fourth-order valence-corrected chi connectivity index (χ4v) is 2.57.